The fourth-order valence-electron chi connectivity index (χ4n) is 20.0. The molecule has 4 heteroatoms. The van der Waals surface area contributed by atoms with Crippen molar-refractivity contribution in [1.82, 2.24) is 0 Å². The summed E-state index contributed by atoms with van der Waals surface area (Å²) >= 11 is 0. The minimum Gasteiger partial charge on any atom is -0.300 e. The van der Waals surface area contributed by atoms with Crippen LogP contribution in [-0.2, 0) is 68.9 Å². The van der Waals surface area contributed by atoms with E-state index in [9.17, 15) is 0 Å². The van der Waals surface area contributed by atoms with E-state index in [2.05, 4.69) is 187 Å². The summed E-state index contributed by atoms with van der Waals surface area (Å²) in [4.78, 5) is 0. The molecular weight excluding hydrogens is 1380 g/mol. The smallest absolute Gasteiger partial charge is 0.300 e. The molecule has 3 saturated carbocycles. The third-order valence-electron chi connectivity index (χ3n) is 27.2. The molecule has 0 spiro atoms. The van der Waals surface area contributed by atoms with Crippen molar-refractivity contribution in [3.05, 3.63) is 212 Å². The Morgan fingerprint density at radius 2 is 0.384 bits per heavy atom. The highest BCUT2D eigenvalue weighted by molar-refractivity contribution is 7.41. The molecule has 3 aliphatic rings. The molecule has 0 bridgehead atoms. The molecule has 112 heavy (non-hydrogen) atoms. The molecule has 0 amide bonds. The van der Waals surface area contributed by atoms with Gasteiger partial charge in [0.25, 0.3) is 0 Å². The first-order valence-electron chi connectivity index (χ1n) is 48.7. The Balaban J connectivity index is 1.19. The number of aryl methyl sites for hydroxylation is 6. The Morgan fingerprint density at radius 3 is 0.571 bits per heavy atom. The van der Waals surface area contributed by atoms with Gasteiger partial charge in [-0.25, -0.2) is 0 Å². The minimum absolute atomic E-state index is 0.0980. The van der Waals surface area contributed by atoms with E-state index in [-0.39, 0.29) is 17.8 Å². The summed E-state index contributed by atoms with van der Waals surface area (Å²) < 4.78 is 26.7. The lowest BCUT2D eigenvalue weighted by atomic mass is 9.68. The topological polar surface area (TPSA) is 27.7 Å². The third kappa shape index (κ3) is 29.9. The first-order chi connectivity index (χ1) is 55.3. The molecule has 6 unspecified atom stereocenters. The van der Waals surface area contributed by atoms with Gasteiger partial charge in [-0.2, -0.15) is 0 Å². The maximum Gasteiger partial charge on any atom is 0.335 e. The SMILES string of the molecule is CCCCCCCCCc1ccc(C2CCCCC2(OP(OC2(c3ccc(CCCCCCCCC)cc3)CCCCC2c2ccc(CCCCCCCCC)cc2)OC2(c3ccc(CCCCCCCCC)cc3)CCCCC2c2ccc(CCCCCCCCC)cc2)c2ccc(CCCCCCCCC)cc2)cc1. The summed E-state index contributed by atoms with van der Waals surface area (Å²) in [5, 5.41) is 0. The van der Waals surface area contributed by atoms with Crippen molar-refractivity contribution in [1.29, 1.82) is 0 Å². The lowest BCUT2D eigenvalue weighted by Gasteiger charge is -2.52. The third-order valence-corrected chi connectivity index (χ3v) is 28.6. The van der Waals surface area contributed by atoms with E-state index in [1.54, 1.807) is 0 Å². The van der Waals surface area contributed by atoms with Crippen LogP contribution in [0.3, 0.4) is 0 Å². The van der Waals surface area contributed by atoms with Gasteiger partial charge in [-0.15, -0.1) is 0 Å². The molecule has 0 aliphatic heterocycles. The van der Waals surface area contributed by atoms with E-state index in [4.69, 9.17) is 13.6 Å². The molecule has 0 radical (unpaired) electrons. The van der Waals surface area contributed by atoms with Gasteiger partial charge in [-0.3, -0.25) is 0 Å². The summed E-state index contributed by atoms with van der Waals surface area (Å²) in [6, 6.07) is 60.5. The molecule has 6 aromatic carbocycles. The average molecular weight is 1540 g/mol. The molecule has 3 aliphatic carbocycles. The first-order valence-corrected chi connectivity index (χ1v) is 49.8. The maximum absolute atomic E-state index is 8.91. The van der Waals surface area contributed by atoms with Crippen LogP contribution < -0.4 is 0 Å². The first kappa shape index (κ1) is 91.5. The average Bonchev–Trinajstić information content (AvgIpc) is 0.736. The molecular formula is C108H165O3P. The van der Waals surface area contributed by atoms with Gasteiger partial charge < -0.3 is 13.6 Å². The van der Waals surface area contributed by atoms with Crippen molar-refractivity contribution in [3.8, 4) is 0 Å². The molecule has 0 N–H and O–H groups in total. The van der Waals surface area contributed by atoms with Gasteiger partial charge >= 0.3 is 8.60 Å². The minimum atomic E-state index is -2.14. The number of rotatable bonds is 60. The van der Waals surface area contributed by atoms with Crippen molar-refractivity contribution in [3.63, 3.8) is 0 Å². The van der Waals surface area contributed by atoms with Crippen LogP contribution in [0.25, 0.3) is 0 Å². The van der Waals surface area contributed by atoms with Crippen LogP contribution in [-0.4, -0.2) is 0 Å². The Hall–Kier alpha value is -4.37. The van der Waals surface area contributed by atoms with Gasteiger partial charge in [0.15, 0.2) is 0 Å². The van der Waals surface area contributed by atoms with E-state index in [1.807, 2.05) is 0 Å². The second kappa shape index (κ2) is 53.9. The molecule has 3 nitrogen and oxygen atoms in total. The van der Waals surface area contributed by atoms with E-state index in [0.29, 0.717) is 0 Å². The molecule has 0 heterocycles. The van der Waals surface area contributed by atoms with Crippen LogP contribution >= 0.6 is 8.60 Å². The zero-order chi connectivity index (χ0) is 78.3. The lowest BCUT2D eigenvalue weighted by molar-refractivity contribution is -0.0957. The van der Waals surface area contributed by atoms with Crippen LogP contribution in [0.4, 0.5) is 0 Å². The predicted octanol–water partition coefficient (Wildman–Crippen LogP) is 34.8. The number of benzene rings is 6. The second-order valence-corrected chi connectivity index (χ2v) is 37.1. The van der Waals surface area contributed by atoms with E-state index in [1.165, 1.54) is 356 Å². The van der Waals surface area contributed by atoms with Gasteiger partial charge in [0.1, 0.15) is 16.8 Å². The lowest BCUT2D eigenvalue weighted by Crippen LogP contribution is -2.44. The quantitative estimate of drug-likeness (QED) is 0.0281. The van der Waals surface area contributed by atoms with E-state index < -0.39 is 25.4 Å². The summed E-state index contributed by atoms with van der Waals surface area (Å²) in [6.07, 6.45) is 75.3. The monoisotopic (exact) mass is 1540 g/mol. The summed E-state index contributed by atoms with van der Waals surface area (Å²) in [5.74, 6) is 0.294. The van der Waals surface area contributed by atoms with Crippen molar-refractivity contribution in [2.24, 2.45) is 0 Å². The van der Waals surface area contributed by atoms with E-state index in [0.717, 1.165) is 96.3 Å². The van der Waals surface area contributed by atoms with Crippen molar-refractivity contribution in [2.75, 3.05) is 0 Å². The van der Waals surface area contributed by atoms with Crippen LogP contribution in [0.5, 0.6) is 0 Å². The standard InChI is InChI=1S/C108H165O3P/c1-7-13-19-25-31-37-43-55-91-64-76-97(77-65-91)103-61-49-52-88-106(103,100-82-70-94(71-83-100)58-46-40-34-28-22-16-10-4)109-112(110-107(101-84-72-95(73-85-101)59-47-41-35-29-23-17-11-5)89-53-50-62-104(107)98-78-66-92(67-79-98)56-44-38-32-26-20-14-8-2)111-108(102-86-74-96(75-87-102)60-48-42-36-30-24-18-12-6)90-54-51-63-105(108)99-80-68-93(69-81-99)57-45-39-33-27-21-15-9-3/h64-87,103-105H,7-63,88-90H2,1-6H3. The fourth-order valence-corrected chi connectivity index (χ4v) is 21.9. The van der Waals surface area contributed by atoms with Crippen LogP contribution in [0.15, 0.2) is 146 Å². The van der Waals surface area contributed by atoms with Crippen LogP contribution in [0.2, 0.25) is 0 Å². The maximum atomic E-state index is 8.91. The van der Waals surface area contributed by atoms with Gasteiger partial charge in [-0.05, 0) is 182 Å². The molecule has 3 fully saturated rings. The van der Waals surface area contributed by atoms with Gasteiger partial charge in [0.2, 0.25) is 0 Å². The van der Waals surface area contributed by atoms with Crippen LogP contribution in [0.1, 0.15) is 473 Å². The van der Waals surface area contributed by atoms with Gasteiger partial charge in [0, 0.05) is 17.8 Å². The highest BCUT2D eigenvalue weighted by Crippen LogP contribution is 2.68. The number of hydrogen-bond acceptors (Lipinski definition) is 3. The summed E-state index contributed by atoms with van der Waals surface area (Å²) in [7, 11) is -2.14. The molecule has 620 valence electrons. The fraction of sp³-hybridized carbons (Fsp3) is 0.667. The Morgan fingerprint density at radius 1 is 0.214 bits per heavy atom. The van der Waals surface area contributed by atoms with Crippen molar-refractivity contribution in [2.45, 2.75) is 461 Å². The summed E-state index contributed by atoms with van der Waals surface area (Å²) in [6.45, 7) is 14.0. The molecule has 0 aromatic heterocycles. The molecule has 6 atom stereocenters. The van der Waals surface area contributed by atoms with E-state index >= 15 is 0 Å². The molecule has 9 rings (SSSR count). The summed E-state index contributed by atoms with van der Waals surface area (Å²) in [5.41, 5.74) is 14.7. The van der Waals surface area contributed by atoms with Crippen molar-refractivity contribution < 1.29 is 13.6 Å². The zero-order valence-corrected chi connectivity index (χ0v) is 74.1. The number of unbranched alkanes of at least 4 members (excludes halogenated alkanes) is 36. The molecule has 6 aromatic rings. The largest absolute Gasteiger partial charge is 0.335 e. The highest BCUT2D eigenvalue weighted by atomic mass is 31.2. The Bertz CT molecular complexity index is 2960. The van der Waals surface area contributed by atoms with Crippen molar-refractivity contribution >= 4 is 8.60 Å². The van der Waals surface area contributed by atoms with Gasteiger partial charge in [0.05, 0.1) is 0 Å². The van der Waals surface area contributed by atoms with Gasteiger partial charge in [-0.1, -0.05) is 457 Å². The van der Waals surface area contributed by atoms with Crippen LogP contribution in [0, 0.1) is 0 Å². The normalized spacial score (nSPS) is 20.4. The zero-order valence-electron chi connectivity index (χ0n) is 73.2. The number of hydrogen-bond donors (Lipinski definition) is 0. The Kier molecular flexibility index (Phi) is 44.0. The molecule has 0 saturated heterocycles. The Labute approximate surface area is 691 Å². The highest BCUT2D eigenvalue weighted by Gasteiger charge is 2.55. The predicted molar refractivity (Wildman–Crippen MR) is 488 cm³/mol. The second-order valence-electron chi connectivity index (χ2n) is 36.1.